The van der Waals surface area contributed by atoms with Crippen LogP contribution in [0.2, 0.25) is 0 Å². The van der Waals surface area contributed by atoms with Crippen molar-refractivity contribution in [2.75, 3.05) is 25.7 Å². The Hall–Kier alpha value is -4.79. The van der Waals surface area contributed by atoms with Crippen molar-refractivity contribution in [2.24, 2.45) is 0 Å². The number of benzene rings is 1. The van der Waals surface area contributed by atoms with E-state index in [2.05, 4.69) is 35.9 Å². The number of nitrogen functional groups attached to an aromatic ring is 2. The second-order valence-electron chi connectivity index (χ2n) is 8.10. The Labute approximate surface area is 213 Å². The highest BCUT2D eigenvalue weighted by molar-refractivity contribution is 5.96. The SMILES string of the molecule is C#CCC(Cc1cnc2nc(N)nc(N)c2n1)c1ccc(C(=O)NC(CCC(=O)OC)C(=O)OC)cc1. The van der Waals surface area contributed by atoms with Crippen molar-refractivity contribution in [2.45, 2.75) is 37.6 Å². The summed E-state index contributed by atoms with van der Waals surface area (Å²) in [7, 11) is 2.45. The monoisotopic (exact) mass is 505 g/mol. The van der Waals surface area contributed by atoms with E-state index in [0.717, 1.165) is 5.56 Å². The second-order valence-corrected chi connectivity index (χ2v) is 8.10. The minimum atomic E-state index is -0.997. The highest BCUT2D eigenvalue weighted by Gasteiger charge is 2.23. The van der Waals surface area contributed by atoms with Crippen molar-refractivity contribution in [3.63, 3.8) is 0 Å². The highest BCUT2D eigenvalue weighted by atomic mass is 16.5. The van der Waals surface area contributed by atoms with Gasteiger partial charge in [-0.25, -0.2) is 14.8 Å². The largest absolute Gasteiger partial charge is 0.469 e. The lowest BCUT2D eigenvalue weighted by atomic mass is 9.91. The Morgan fingerprint density at radius 2 is 1.81 bits per heavy atom. The molecule has 0 radical (unpaired) electrons. The zero-order valence-corrected chi connectivity index (χ0v) is 20.4. The summed E-state index contributed by atoms with van der Waals surface area (Å²) in [6.07, 6.45) is 8.06. The molecule has 0 saturated carbocycles. The number of hydrogen-bond acceptors (Lipinski definition) is 11. The highest BCUT2D eigenvalue weighted by Crippen LogP contribution is 2.25. The van der Waals surface area contributed by atoms with Gasteiger partial charge < -0.3 is 26.3 Å². The molecule has 1 amide bonds. The number of amides is 1. The number of ether oxygens (including phenoxy) is 2. The summed E-state index contributed by atoms with van der Waals surface area (Å²) in [5.74, 6) is 1.06. The molecule has 0 fully saturated rings. The summed E-state index contributed by atoms with van der Waals surface area (Å²) in [5, 5.41) is 2.60. The van der Waals surface area contributed by atoms with Gasteiger partial charge in [0.1, 0.15) is 6.04 Å². The molecule has 2 atom stereocenters. The van der Waals surface area contributed by atoms with E-state index in [9.17, 15) is 14.4 Å². The van der Waals surface area contributed by atoms with Gasteiger partial charge in [-0.15, -0.1) is 12.3 Å². The van der Waals surface area contributed by atoms with Crippen molar-refractivity contribution in [3.8, 4) is 12.3 Å². The number of aromatic nitrogens is 4. The molecule has 0 aliphatic carbocycles. The number of methoxy groups -OCH3 is 2. The van der Waals surface area contributed by atoms with Gasteiger partial charge in [0.05, 0.1) is 26.1 Å². The maximum absolute atomic E-state index is 12.7. The lowest BCUT2D eigenvalue weighted by Gasteiger charge is -2.17. The topological polar surface area (TPSA) is 185 Å². The molecule has 0 saturated heterocycles. The number of nitrogens with zero attached hydrogens (tertiary/aromatic N) is 4. The number of anilines is 2. The number of rotatable bonds is 10. The average molecular weight is 506 g/mol. The van der Waals surface area contributed by atoms with Crippen molar-refractivity contribution < 1.29 is 23.9 Å². The molecule has 0 bridgehead atoms. The van der Waals surface area contributed by atoms with E-state index in [4.69, 9.17) is 22.6 Å². The zero-order chi connectivity index (χ0) is 26.9. The van der Waals surface area contributed by atoms with Gasteiger partial charge in [-0.1, -0.05) is 12.1 Å². The molecule has 12 heteroatoms. The van der Waals surface area contributed by atoms with E-state index in [1.807, 2.05) is 0 Å². The third-order valence-corrected chi connectivity index (χ3v) is 5.62. The van der Waals surface area contributed by atoms with Crippen LogP contribution in [-0.4, -0.2) is 58.0 Å². The zero-order valence-electron chi connectivity index (χ0n) is 20.4. The molecule has 2 aromatic heterocycles. The molecule has 0 aliphatic rings. The molecule has 2 unspecified atom stereocenters. The third-order valence-electron chi connectivity index (χ3n) is 5.62. The van der Waals surface area contributed by atoms with Crippen LogP contribution in [-0.2, 0) is 25.5 Å². The van der Waals surface area contributed by atoms with Gasteiger partial charge >= 0.3 is 11.9 Å². The fraction of sp³-hybridized carbons (Fsp3) is 0.320. The summed E-state index contributed by atoms with van der Waals surface area (Å²) in [4.78, 5) is 53.0. The van der Waals surface area contributed by atoms with Gasteiger partial charge in [-0.2, -0.15) is 9.97 Å². The number of fused-ring (bicyclic) bond motifs is 1. The number of carbonyl (C=O) groups is 3. The third kappa shape index (κ3) is 6.88. The minimum Gasteiger partial charge on any atom is -0.469 e. The predicted molar refractivity (Wildman–Crippen MR) is 135 cm³/mol. The summed E-state index contributed by atoms with van der Waals surface area (Å²) < 4.78 is 9.32. The van der Waals surface area contributed by atoms with E-state index < -0.39 is 23.9 Å². The second kappa shape index (κ2) is 12.3. The van der Waals surface area contributed by atoms with Crippen LogP contribution in [0.15, 0.2) is 30.5 Å². The molecule has 1 aromatic carbocycles. The molecule has 0 spiro atoms. The minimum absolute atomic E-state index is 0.0164. The van der Waals surface area contributed by atoms with Crippen molar-refractivity contribution in [3.05, 3.63) is 47.3 Å². The normalized spacial score (nSPS) is 12.2. The van der Waals surface area contributed by atoms with Crippen molar-refractivity contribution >= 4 is 40.8 Å². The van der Waals surface area contributed by atoms with E-state index in [1.54, 1.807) is 30.5 Å². The number of nitrogens with two attached hydrogens (primary N) is 2. The standard InChI is InChI=1S/C25H27N7O5/c1-4-5-16(12-17-13-28-22-20(29-17)21(26)31-25(27)32-22)14-6-8-15(9-7-14)23(34)30-18(24(35)37-3)10-11-19(33)36-2/h1,6-9,13,16,18H,5,10-12H2,2-3H3,(H,30,34)(H4,26,27,28,31,32). The van der Waals surface area contributed by atoms with Crippen LogP contribution in [0.25, 0.3) is 11.2 Å². The lowest BCUT2D eigenvalue weighted by molar-refractivity contribution is -0.144. The van der Waals surface area contributed by atoms with Gasteiger partial charge in [0.25, 0.3) is 5.91 Å². The van der Waals surface area contributed by atoms with Gasteiger partial charge in [0.2, 0.25) is 5.95 Å². The van der Waals surface area contributed by atoms with Crippen LogP contribution in [0.1, 0.15) is 46.8 Å². The molecule has 2 heterocycles. The van der Waals surface area contributed by atoms with E-state index in [0.29, 0.717) is 35.3 Å². The molecule has 37 heavy (non-hydrogen) atoms. The van der Waals surface area contributed by atoms with Crippen molar-refractivity contribution in [1.82, 2.24) is 25.3 Å². The molecule has 3 aromatic rings. The fourth-order valence-corrected chi connectivity index (χ4v) is 3.69. The molecule has 0 aliphatic heterocycles. The van der Waals surface area contributed by atoms with Crippen LogP contribution in [0, 0.1) is 12.3 Å². The van der Waals surface area contributed by atoms with Crippen LogP contribution < -0.4 is 16.8 Å². The Morgan fingerprint density at radius 1 is 1.08 bits per heavy atom. The van der Waals surface area contributed by atoms with Crippen LogP contribution in [0.3, 0.4) is 0 Å². The quantitative estimate of drug-likeness (QED) is 0.265. The Bertz CT molecular complexity index is 1340. The number of nitrogens with one attached hydrogen (secondary N) is 1. The number of esters is 2. The smallest absolute Gasteiger partial charge is 0.328 e. The van der Waals surface area contributed by atoms with Gasteiger partial charge in [-0.3, -0.25) is 9.59 Å². The van der Waals surface area contributed by atoms with Gasteiger partial charge in [-0.05, 0) is 30.5 Å². The Balaban J connectivity index is 1.75. The molecule has 5 N–H and O–H groups in total. The maximum Gasteiger partial charge on any atom is 0.328 e. The van der Waals surface area contributed by atoms with Crippen LogP contribution in [0.5, 0.6) is 0 Å². The first-order valence-corrected chi connectivity index (χ1v) is 11.3. The molecule has 192 valence electrons. The first-order valence-electron chi connectivity index (χ1n) is 11.3. The molecule has 3 rings (SSSR count). The summed E-state index contributed by atoms with van der Waals surface area (Å²) >= 11 is 0. The molecular weight excluding hydrogens is 478 g/mol. The fourth-order valence-electron chi connectivity index (χ4n) is 3.69. The molecule has 12 nitrogen and oxygen atoms in total. The first-order chi connectivity index (χ1) is 17.7. The van der Waals surface area contributed by atoms with Crippen LogP contribution in [0.4, 0.5) is 11.8 Å². The predicted octanol–water partition coefficient (Wildman–Crippen LogP) is 1.16. The van der Waals surface area contributed by atoms with E-state index in [-0.39, 0.29) is 30.5 Å². The average Bonchev–Trinajstić information content (AvgIpc) is 2.90. The summed E-state index contributed by atoms with van der Waals surface area (Å²) in [6, 6.07) is 5.83. The first kappa shape index (κ1) is 26.8. The molecular formula is C25H27N7O5. The van der Waals surface area contributed by atoms with Gasteiger partial charge in [0.15, 0.2) is 17.0 Å². The van der Waals surface area contributed by atoms with E-state index in [1.165, 1.54) is 14.2 Å². The number of carbonyl (C=O) groups excluding carboxylic acids is 3. The van der Waals surface area contributed by atoms with Crippen molar-refractivity contribution in [1.29, 1.82) is 0 Å². The number of hydrogen-bond donors (Lipinski definition) is 3. The van der Waals surface area contributed by atoms with Gasteiger partial charge in [0, 0.05) is 24.3 Å². The summed E-state index contributed by atoms with van der Waals surface area (Å²) in [5.41, 5.74) is 14.0. The van der Waals surface area contributed by atoms with Crippen LogP contribution >= 0.6 is 0 Å². The summed E-state index contributed by atoms with van der Waals surface area (Å²) in [6.45, 7) is 0. The Morgan fingerprint density at radius 3 is 2.46 bits per heavy atom. The Kier molecular flexibility index (Phi) is 8.88. The maximum atomic E-state index is 12.7. The van der Waals surface area contributed by atoms with E-state index >= 15 is 0 Å². The lowest BCUT2D eigenvalue weighted by Crippen LogP contribution is -2.41. The number of terminal acetylenes is 1.